The smallest absolute Gasteiger partial charge is 0.221 e. The molecule has 12 heteroatoms. The molecule has 24 aromatic carbocycles. The van der Waals surface area contributed by atoms with Gasteiger partial charge in [0.15, 0.2) is 0 Å². The van der Waals surface area contributed by atoms with Crippen LogP contribution in [0.25, 0.3) is 297 Å². The van der Waals surface area contributed by atoms with Gasteiger partial charge in [-0.2, -0.15) is 0 Å². The van der Waals surface area contributed by atoms with E-state index in [1.165, 1.54) is 164 Å². The summed E-state index contributed by atoms with van der Waals surface area (Å²) in [6.45, 7) is 0. The van der Waals surface area contributed by atoms with Crippen LogP contribution in [-0.2, 0) is 0 Å². The first-order chi connectivity index (χ1) is 74.3. The van der Waals surface area contributed by atoms with Gasteiger partial charge in [0.25, 0.3) is 0 Å². The molecule has 150 heavy (non-hydrogen) atoms. The standard InChI is InChI=1S/C50H30N4.C48H30N4.C40H24N4/c1-2-11-33-27-34(18-17-31(33)9-1)35-19-20-37-29-38(22-21-36(37)28-35)39-24-25-45-42(30-39)48-40-12-4-3-10-32(40)23-26-47(48)53(45)50-52-43-14-6-5-13-41(43)49-51-44-15-7-8-16-46(44)54(49)50;1-3-13-31(14-4-1)35-27-36(32-15-5-2-6-16-32)29-37(28-35)34-24-25-43-40(30-34)46-38-18-8-7-17-33(38)23-26-45(46)51(43)48-50-41-20-10-9-19-39(41)47-49-42-21-11-12-22-44(42)52(47)48;1-2-11-27-23-28(18-17-25(27)9-1)29-20-21-35-32(24-29)38-30-12-4-3-10-26(30)19-22-37(38)43(35)40-42-33-14-6-5-13-31(33)39-41-34-15-7-8-16-36(34)44(39)40/h1-30H;1-30H;1-24H. The van der Waals surface area contributed by atoms with Gasteiger partial charge in [0, 0.05) is 48.5 Å². The van der Waals surface area contributed by atoms with Gasteiger partial charge in [-0.3, -0.25) is 26.9 Å². The van der Waals surface area contributed by atoms with Gasteiger partial charge in [-0.25, -0.2) is 29.9 Å². The molecule has 0 fully saturated rings. The molecule has 0 aliphatic heterocycles. The summed E-state index contributed by atoms with van der Waals surface area (Å²) in [5, 5.41) is 25.1. The number of imidazole rings is 3. The fraction of sp³-hybridized carbons (Fsp3) is 0. The van der Waals surface area contributed by atoms with E-state index in [1.54, 1.807) is 0 Å². The van der Waals surface area contributed by atoms with E-state index in [-0.39, 0.29) is 0 Å². The predicted molar refractivity (Wildman–Crippen MR) is 625 cm³/mol. The average Bonchev–Trinajstić information content (AvgIpc) is 1.55. The highest BCUT2D eigenvalue weighted by Crippen LogP contribution is 2.48. The fourth-order valence-electron chi connectivity index (χ4n) is 23.7. The molecule has 0 aliphatic carbocycles. The molecule has 0 saturated carbocycles. The van der Waals surface area contributed by atoms with Crippen LogP contribution in [0.5, 0.6) is 0 Å². The average molecular weight is 1910 g/mol. The lowest BCUT2D eigenvalue weighted by atomic mass is 9.92. The van der Waals surface area contributed by atoms with Gasteiger partial charge >= 0.3 is 0 Å². The number of benzene rings is 24. The van der Waals surface area contributed by atoms with Crippen molar-refractivity contribution in [2.45, 2.75) is 0 Å². The van der Waals surface area contributed by atoms with Crippen molar-refractivity contribution in [3.63, 3.8) is 0 Å². The zero-order valence-corrected chi connectivity index (χ0v) is 80.9. The van der Waals surface area contributed by atoms with Crippen LogP contribution in [0.4, 0.5) is 0 Å². The molecule has 0 N–H and O–H groups in total. The topological polar surface area (TPSA) is 105 Å². The Hall–Kier alpha value is -20.3. The maximum Gasteiger partial charge on any atom is 0.221 e. The van der Waals surface area contributed by atoms with Gasteiger partial charge in [-0.1, -0.05) is 340 Å². The Morgan fingerprint density at radius 1 is 0.120 bits per heavy atom. The van der Waals surface area contributed by atoms with Crippen molar-refractivity contribution in [2.75, 3.05) is 0 Å². The summed E-state index contributed by atoms with van der Waals surface area (Å²) in [6, 6.07) is 183. The van der Waals surface area contributed by atoms with Crippen LogP contribution in [0.3, 0.4) is 0 Å². The molecule has 0 aliphatic rings. The zero-order valence-electron chi connectivity index (χ0n) is 80.9. The minimum Gasteiger partial charge on any atom is -0.279 e. The van der Waals surface area contributed by atoms with Crippen LogP contribution in [0.15, 0.2) is 510 Å². The molecule has 0 atom stereocenters. The van der Waals surface area contributed by atoms with Crippen molar-refractivity contribution in [1.29, 1.82) is 0 Å². The lowest BCUT2D eigenvalue weighted by Gasteiger charge is -2.13. The predicted octanol–water partition coefficient (Wildman–Crippen LogP) is 35.3. The third kappa shape index (κ3) is 13.4. The number of para-hydroxylation sites is 9. The van der Waals surface area contributed by atoms with Gasteiger partial charge in [0.2, 0.25) is 17.8 Å². The van der Waals surface area contributed by atoms with E-state index in [2.05, 4.69) is 518 Å². The Balaban J connectivity index is 0.000000102. The van der Waals surface area contributed by atoms with E-state index in [4.69, 9.17) is 29.9 Å². The lowest BCUT2D eigenvalue weighted by molar-refractivity contribution is 0.979. The molecule has 0 spiro atoms. The van der Waals surface area contributed by atoms with Gasteiger partial charge < -0.3 is 0 Å². The zero-order chi connectivity index (χ0) is 98.3. The Bertz CT molecular complexity index is 11400. The lowest BCUT2D eigenvalue weighted by Crippen LogP contribution is -2.06. The molecule has 0 saturated heterocycles. The monoisotopic (exact) mass is 1910 g/mol. The van der Waals surface area contributed by atoms with E-state index in [1.807, 2.05) is 18.2 Å². The van der Waals surface area contributed by atoms with Crippen molar-refractivity contribution in [1.82, 2.24) is 56.8 Å². The molecular formula is C138H84N12. The Morgan fingerprint density at radius 2 is 0.347 bits per heavy atom. The number of hydrogen-bond donors (Lipinski definition) is 0. The molecule has 9 heterocycles. The van der Waals surface area contributed by atoms with Gasteiger partial charge in [0.05, 0.1) is 82.8 Å². The largest absolute Gasteiger partial charge is 0.279 e. The summed E-state index contributed by atoms with van der Waals surface area (Å²) >= 11 is 0. The minimum absolute atomic E-state index is 0.822. The van der Waals surface area contributed by atoms with Crippen LogP contribution >= 0.6 is 0 Å². The van der Waals surface area contributed by atoms with Gasteiger partial charge in [-0.15, -0.1) is 0 Å². The summed E-state index contributed by atoms with van der Waals surface area (Å²) in [5.74, 6) is 2.48. The van der Waals surface area contributed by atoms with Crippen LogP contribution in [-0.4, -0.2) is 56.8 Å². The summed E-state index contributed by atoms with van der Waals surface area (Å²) in [5.41, 5.74) is 32.5. The first kappa shape index (κ1) is 84.2. The van der Waals surface area contributed by atoms with E-state index < -0.39 is 0 Å². The molecule has 696 valence electrons. The highest BCUT2D eigenvalue weighted by atomic mass is 15.3. The molecule has 9 aromatic heterocycles. The summed E-state index contributed by atoms with van der Waals surface area (Å²) in [7, 11) is 0. The number of hydrogen-bond acceptors (Lipinski definition) is 6. The van der Waals surface area contributed by atoms with Crippen molar-refractivity contribution in [2.24, 2.45) is 0 Å². The molecule has 33 aromatic rings. The second-order valence-electron chi connectivity index (χ2n) is 39.2. The van der Waals surface area contributed by atoms with Crippen molar-refractivity contribution in [3.05, 3.63) is 510 Å². The Kier molecular flexibility index (Phi) is 18.9. The second-order valence-corrected chi connectivity index (χ2v) is 39.2. The fourth-order valence-corrected chi connectivity index (χ4v) is 23.7. The number of rotatable bonds is 9. The van der Waals surface area contributed by atoms with E-state index in [0.29, 0.717) is 0 Å². The highest BCUT2D eigenvalue weighted by molar-refractivity contribution is 6.25. The normalized spacial score (nSPS) is 12.0. The molecule has 0 unspecified atom stereocenters. The molecular weight excluding hydrogens is 1830 g/mol. The van der Waals surface area contributed by atoms with E-state index in [9.17, 15) is 0 Å². The molecule has 0 amide bonds. The highest BCUT2D eigenvalue weighted by Gasteiger charge is 2.28. The third-order valence-corrected chi connectivity index (χ3v) is 30.8. The van der Waals surface area contributed by atoms with Crippen molar-refractivity contribution < 1.29 is 0 Å². The van der Waals surface area contributed by atoms with Gasteiger partial charge in [-0.05, 0) is 301 Å². The van der Waals surface area contributed by atoms with Crippen LogP contribution in [0.2, 0.25) is 0 Å². The van der Waals surface area contributed by atoms with Crippen LogP contribution in [0, 0.1) is 0 Å². The maximum atomic E-state index is 5.41. The van der Waals surface area contributed by atoms with Crippen molar-refractivity contribution >= 4 is 213 Å². The van der Waals surface area contributed by atoms with Crippen LogP contribution in [0.1, 0.15) is 0 Å². The number of nitrogens with zero attached hydrogens (tertiary/aromatic N) is 12. The number of fused-ring (bicyclic) bond motifs is 33. The Labute approximate surface area is 857 Å². The molecule has 33 rings (SSSR count). The van der Waals surface area contributed by atoms with E-state index in [0.717, 1.165) is 134 Å². The molecule has 12 nitrogen and oxygen atoms in total. The SMILES string of the molecule is c1ccc(-c2cc(-c3ccccc3)cc(-c3ccc4c(c3)c3c5ccccc5ccc3n4-c3nc4ccccc4c4nc5ccccc5n34)c2)cc1.c1ccc2cc(-c3ccc4c(c3)c3c5ccccc5ccc3n4-c3nc4ccccc4c4nc5ccccc5n34)ccc2c1.c1ccc2cc(-c3ccc4cc(-c5ccc6c(c5)c5c7ccccc7ccc5n6-c5nc6ccccc6c6nc7ccccc7n56)ccc4c3)ccc2c1. The van der Waals surface area contributed by atoms with Crippen molar-refractivity contribution in [3.8, 4) is 84.6 Å². The maximum absolute atomic E-state index is 5.41. The summed E-state index contributed by atoms with van der Waals surface area (Å²) < 4.78 is 13.7. The summed E-state index contributed by atoms with van der Waals surface area (Å²) in [4.78, 5) is 31.6. The second kappa shape index (κ2) is 33.6. The van der Waals surface area contributed by atoms with E-state index >= 15 is 0 Å². The summed E-state index contributed by atoms with van der Waals surface area (Å²) in [6.07, 6.45) is 0. The molecule has 0 bridgehead atoms. The first-order valence-electron chi connectivity index (χ1n) is 51.0. The first-order valence-corrected chi connectivity index (χ1v) is 51.0. The number of aromatic nitrogens is 12. The molecule has 0 radical (unpaired) electrons. The van der Waals surface area contributed by atoms with Crippen LogP contribution < -0.4 is 0 Å². The van der Waals surface area contributed by atoms with Gasteiger partial charge in [0.1, 0.15) is 16.9 Å². The quantitative estimate of drug-likeness (QED) is 0.143. The Morgan fingerprint density at radius 3 is 0.680 bits per heavy atom. The minimum atomic E-state index is 0.822. The third-order valence-electron chi connectivity index (χ3n) is 30.8.